The number of hydrogen-bond acceptors (Lipinski definition) is 6. The van der Waals surface area contributed by atoms with Gasteiger partial charge in [-0.25, -0.2) is 13.5 Å². The summed E-state index contributed by atoms with van der Waals surface area (Å²) in [7, 11) is 0. The van der Waals surface area contributed by atoms with Crippen LogP contribution in [-0.4, -0.2) is 51.5 Å². The normalized spacial score (nSPS) is 21.4. The second kappa shape index (κ2) is 8.14. The highest BCUT2D eigenvalue weighted by molar-refractivity contribution is 5.64. The van der Waals surface area contributed by atoms with E-state index >= 15 is 0 Å². The average Bonchev–Trinajstić information content (AvgIpc) is 3.48. The molecule has 0 saturated carbocycles. The minimum Gasteiger partial charge on any atom is -0.368 e. The van der Waals surface area contributed by atoms with Crippen molar-refractivity contribution in [1.82, 2.24) is 19.7 Å². The highest BCUT2D eigenvalue weighted by atomic mass is 19.1. The minimum absolute atomic E-state index is 0.269. The van der Waals surface area contributed by atoms with Crippen molar-refractivity contribution in [3.63, 3.8) is 0 Å². The van der Waals surface area contributed by atoms with Crippen LogP contribution in [0.15, 0.2) is 42.7 Å². The highest BCUT2D eigenvalue weighted by Crippen LogP contribution is 2.32. The lowest BCUT2D eigenvalue weighted by molar-refractivity contribution is 0.144. The number of nitrogens with zero attached hydrogens (tertiary/aromatic N) is 5. The van der Waals surface area contributed by atoms with E-state index in [1.165, 1.54) is 36.0 Å². The third-order valence-electron chi connectivity index (χ3n) is 6.30. The van der Waals surface area contributed by atoms with Gasteiger partial charge in [-0.05, 0) is 75.2 Å². The van der Waals surface area contributed by atoms with Crippen LogP contribution in [0.3, 0.4) is 0 Å². The molecule has 0 unspecified atom stereocenters. The second-order valence-electron chi connectivity index (χ2n) is 8.79. The van der Waals surface area contributed by atoms with Gasteiger partial charge in [0, 0.05) is 30.5 Å². The third-order valence-corrected chi connectivity index (χ3v) is 6.30. The standard InChI is InChI=1S/C23H27F2N7/c1-16-8-19(28-22-27-15-32(29-22)21-11-17(24)10-18(25)12-21)13-20(9-16)30-7-4-23(26,14-30)31-5-2-3-6-31/h8-13,15H,2-7,14,26H2,1H3,(H,28,29)/t23-/m0/s1. The molecule has 1 aromatic heterocycles. The van der Waals surface area contributed by atoms with Gasteiger partial charge < -0.3 is 16.0 Å². The van der Waals surface area contributed by atoms with Crippen molar-refractivity contribution in [2.75, 3.05) is 36.4 Å². The summed E-state index contributed by atoms with van der Waals surface area (Å²) in [5.41, 5.74) is 9.82. The lowest BCUT2D eigenvalue weighted by Gasteiger charge is -2.35. The van der Waals surface area contributed by atoms with Gasteiger partial charge in [-0.1, -0.05) is 0 Å². The van der Waals surface area contributed by atoms with E-state index in [0.717, 1.165) is 55.6 Å². The smallest absolute Gasteiger partial charge is 0.246 e. The Morgan fingerprint density at radius 1 is 0.969 bits per heavy atom. The van der Waals surface area contributed by atoms with Crippen LogP contribution in [0.2, 0.25) is 0 Å². The Morgan fingerprint density at radius 2 is 1.72 bits per heavy atom. The van der Waals surface area contributed by atoms with Crippen LogP contribution in [0.1, 0.15) is 24.8 Å². The first-order valence-corrected chi connectivity index (χ1v) is 10.9. The second-order valence-corrected chi connectivity index (χ2v) is 8.79. The number of anilines is 3. The van der Waals surface area contributed by atoms with Crippen LogP contribution < -0.4 is 16.0 Å². The van der Waals surface area contributed by atoms with E-state index in [0.29, 0.717) is 5.95 Å². The van der Waals surface area contributed by atoms with Gasteiger partial charge in [-0.3, -0.25) is 4.90 Å². The first-order chi connectivity index (χ1) is 15.4. The number of aryl methyl sites for hydroxylation is 1. The van der Waals surface area contributed by atoms with Crippen molar-refractivity contribution in [2.45, 2.75) is 31.8 Å². The van der Waals surface area contributed by atoms with Crippen LogP contribution in [0, 0.1) is 18.6 Å². The molecule has 0 aliphatic carbocycles. The van der Waals surface area contributed by atoms with E-state index in [2.05, 4.69) is 37.3 Å². The topological polar surface area (TPSA) is 75.2 Å². The van der Waals surface area contributed by atoms with Crippen molar-refractivity contribution in [3.05, 3.63) is 59.9 Å². The molecular formula is C23H27F2N7. The maximum Gasteiger partial charge on any atom is 0.246 e. The Balaban J connectivity index is 1.33. The molecule has 3 aromatic rings. The molecule has 32 heavy (non-hydrogen) atoms. The Morgan fingerprint density at radius 3 is 2.47 bits per heavy atom. The first-order valence-electron chi connectivity index (χ1n) is 10.9. The molecule has 5 rings (SSSR count). The van der Waals surface area contributed by atoms with Crippen molar-refractivity contribution in [3.8, 4) is 5.69 Å². The molecule has 3 N–H and O–H groups in total. The zero-order valence-electron chi connectivity index (χ0n) is 18.1. The zero-order chi connectivity index (χ0) is 22.3. The van der Waals surface area contributed by atoms with Crippen LogP contribution in [-0.2, 0) is 0 Å². The Bertz CT molecular complexity index is 1110. The van der Waals surface area contributed by atoms with Gasteiger partial charge in [0.1, 0.15) is 18.0 Å². The number of rotatable bonds is 5. The summed E-state index contributed by atoms with van der Waals surface area (Å²) >= 11 is 0. The van der Waals surface area contributed by atoms with Crippen LogP contribution in [0.25, 0.3) is 5.69 Å². The number of aromatic nitrogens is 3. The number of nitrogens with two attached hydrogens (primary N) is 1. The molecule has 1 atom stereocenters. The predicted octanol–water partition coefficient (Wildman–Crippen LogP) is 3.56. The fourth-order valence-corrected chi connectivity index (χ4v) is 4.72. The van der Waals surface area contributed by atoms with E-state index in [-0.39, 0.29) is 11.4 Å². The van der Waals surface area contributed by atoms with Crippen LogP contribution in [0.5, 0.6) is 0 Å². The maximum absolute atomic E-state index is 13.5. The zero-order valence-corrected chi connectivity index (χ0v) is 18.1. The fourth-order valence-electron chi connectivity index (χ4n) is 4.72. The van der Waals surface area contributed by atoms with Crippen LogP contribution >= 0.6 is 0 Å². The van der Waals surface area contributed by atoms with Gasteiger partial charge in [-0.15, -0.1) is 5.10 Å². The lowest BCUT2D eigenvalue weighted by atomic mass is 10.1. The molecular weight excluding hydrogens is 412 g/mol. The summed E-state index contributed by atoms with van der Waals surface area (Å²) in [4.78, 5) is 8.99. The molecule has 0 spiro atoms. The van der Waals surface area contributed by atoms with E-state index in [1.54, 1.807) is 0 Å². The quantitative estimate of drug-likeness (QED) is 0.633. The third kappa shape index (κ3) is 4.18. The van der Waals surface area contributed by atoms with E-state index in [1.807, 2.05) is 13.0 Å². The molecule has 0 bridgehead atoms. The molecule has 7 nitrogen and oxygen atoms in total. The number of benzene rings is 2. The molecule has 2 aliphatic heterocycles. The Labute approximate surface area is 185 Å². The van der Waals surface area contributed by atoms with Crippen molar-refractivity contribution >= 4 is 17.3 Å². The molecule has 9 heteroatoms. The number of likely N-dealkylation sites (tertiary alicyclic amines) is 1. The molecule has 0 radical (unpaired) electrons. The molecule has 0 amide bonds. The molecule has 2 aliphatic rings. The van der Waals surface area contributed by atoms with Gasteiger partial charge in [0.15, 0.2) is 0 Å². The van der Waals surface area contributed by atoms with Crippen molar-refractivity contribution < 1.29 is 8.78 Å². The largest absolute Gasteiger partial charge is 0.368 e. The molecule has 168 valence electrons. The monoisotopic (exact) mass is 439 g/mol. The summed E-state index contributed by atoms with van der Waals surface area (Å²) in [6.45, 7) is 5.91. The number of nitrogens with one attached hydrogen (secondary N) is 1. The molecule has 3 heterocycles. The number of halogens is 2. The Hall–Kier alpha value is -3.04. The number of hydrogen-bond donors (Lipinski definition) is 2. The summed E-state index contributed by atoms with van der Waals surface area (Å²) in [6.07, 6.45) is 4.81. The maximum atomic E-state index is 13.5. The minimum atomic E-state index is -0.663. The summed E-state index contributed by atoms with van der Waals surface area (Å²) in [5.74, 6) is -0.981. The van der Waals surface area contributed by atoms with Gasteiger partial charge in [-0.2, -0.15) is 4.98 Å². The van der Waals surface area contributed by atoms with E-state index < -0.39 is 11.6 Å². The van der Waals surface area contributed by atoms with Crippen molar-refractivity contribution in [1.29, 1.82) is 0 Å². The van der Waals surface area contributed by atoms with Gasteiger partial charge >= 0.3 is 0 Å². The molecule has 2 saturated heterocycles. The summed E-state index contributed by atoms with van der Waals surface area (Å²) < 4.78 is 28.4. The SMILES string of the molecule is Cc1cc(Nc2ncn(-c3cc(F)cc(F)c3)n2)cc(N2CC[C@](N)(N3CCCC3)C2)c1. The average molecular weight is 440 g/mol. The molecule has 2 aromatic carbocycles. The summed E-state index contributed by atoms with van der Waals surface area (Å²) in [6, 6.07) is 9.47. The predicted molar refractivity (Wildman–Crippen MR) is 120 cm³/mol. The van der Waals surface area contributed by atoms with Gasteiger partial charge in [0.05, 0.1) is 11.4 Å². The summed E-state index contributed by atoms with van der Waals surface area (Å²) in [5, 5.41) is 7.52. The first kappa shape index (κ1) is 20.8. The molecule has 2 fully saturated rings. The van der Waals surface area contributed by atoms with Gasteiger partial charge in [0.2, 0.25) is 5.95 Å². The Kier molecular flexibility index (Phi) is 5.30. The van der Waals surface area contributed by atoms with Gasteiger partial charge in [0.25, 0.3) is 0 Å². The van der Waals surface area contributed by atoms with E-state index in [4.69, 9.17) is 5.73 Å². The van der Waals surface area contributed by atoms with E-state index in [9.17, 15) is 8.78 Å². The lowest BCUT2D eigenvalue weighted by Crippen LogP contribution is -2.56. The highest BCUT2D eigenvalue weighted by Gasteiger charge is 2.40. The fraction of sp³-hybridized carbons (Fsp3) is 0.391. The van der Waals surface area contributed by atoms with Crippen molar-refractivity contribution in [2.24, 2.45) is 5.73 Å². The van der Waals surface area contributed by atoms with Crippen LogP contribution in [0.4, 0.5) is 26.1 Å².